The minimum Gasteiger partial charge on any atom is -0.358 e. The van der Waals surface area contributed by atoms with Gasteiger partial charge in [-0.2, -0.15) is 0 Å². The predicted octanol–water partition coefficient (Wildman–Crippen LogP) is 4.40. The molecule has 1 saturated heterocycles. The molecule has 0 unspecified atom stereocenters. The Labute approximate surface area is 198 Å². The number of hydrogen-bond donors (Lipinski definition) is 2. The smallest absolute Gasteiger partial charge is 0.256 e. The Morgan fingerprint density at radius 1 is 1.18 bits per heavy atom. The van der Waals surface area contributed by atoms with Gasteiger partial charge < -0.3 is 20.1 Å². The van der Waals surface area contributed by atoms with Crippen molar-refractivity contribution in [3.8, 4) is 11.1 Å². The molecule has 0 saturated carbocycles. The van der Waals surface area contributed by atoms with Gasteiger partial charge in [-0.1, -0.05) is 24.3 Å². The van der Waals surface area contributed by atoms with E-state index in [9.17, 15) is 14.0 Å². The number of rotatable bonds is 4. The molecule has 1 fully saturated rings. The highest BCUT2D eigenvalue weighted by atomic mass is 19.1. The number of carbonyl (C=O) groups is 2. The molecule has 7 heteroatoms. The number of anilines is 1. The number of halogens is 1. The molecule has 1 aromatic heterocycles. The summed E-state index contributed by atoms with van der Waals surface area (Å²) in [5, 5.41) is 2.92. The molecule has 2 aromatic carbocycles. The fraction of sp³-hybridized carbons (Fsp3) is 0.259. The molecule has 0 bridgehead atoms. The first-order valence-corrected chi connectivity index (χ1v) is 11.4. The average Bonchev–Trinajstić information content (AvgIpc) is 3.52. The van der Waals surface area contributed by atoms with Gasteiger partial charge in [-0.3, -0.25) is 9.59 Å². The summed E-state index contributed by atoms with van der Waals surface area (Å²) in [5.41, 5.74) is 5.58. The van der Waals surface area contributed by atoms with Gasteiger partial charge in [0.25, 0.3) is 11.8 Å². The van der Waals surface area contributed by atoms with Crippen molar-refractivity contribution >= 4 is 29.2 Å². The van der Waals surface area contributed by atoms with Crippen LogP contribution >= 0.6 is 0 Å². The minimum absolute atomic E-state index is 0.0361. The Morgan fingerprint density at radius 3 is 2.65 bits per heavy atom. The number of aryl methyl sites for hydroxylation is 1. The van der Waals surface area contributed by atoms with Crippen LogP contribution in [0.2, 0.25) is 0 Å². The first kappa shape index (κ1) is 22.1. The van der Waals surface area contributed by atoms with Gasteiger partial charge >= 0.3 is 0 Å². The lowest BCUT2D eigenvalue weighted by atomic mass is 9.94. The van der Waals surface area contributed by atoms with Crippen LogP contribution in [-0.2, 0) is 4.79 Å². The third-order valence-corrected chi connectivity index (χ3v) is 6.66. The summed E-state index contributed by atoms with van der Waals surface area (Å²) in [6.45, 7) is 3.29. The third-order valence-electron chi connectivity index (χ3n) is 6.66. The van der Waals surface area contributed by atoms with Gasteiger partial charge in [0.15, 0.2) is 0 Å². The van der Waals surface area contributed by atoms with E-state index < -0.39 is 0 Å². The Balaban J connectivity index is 1.55. The molecule has 34 heavy (non-hydrogen) atoms. The van der Waals surface area contributed by atoms with E-state index >= 15 is 0 Å². The second-order valence-electron chi connectivity index (χ2n) is 9.18. The molecule has 0 radical (unpaired) electrons. The molecular formula is C27H27FN4O2. The highest BCUT2D eigenvalue weighted by Crippen LogP contribution is 2.40. The van der Waals surface area contributed by atoms with E-state index in [2.05, 4.69) is 15.2 Å². The minimum atomic E-state index is -0.315. The van der Waals surface area contributed by atoms with Crippen molar-refractivity contribution in [1.29, 1.82) is 0 Å². The van der Waals surface area contributed by atoms with Crippen molar-refractivity contribution in [2.24, 2.45) is 0 Å². The molecule has 2 N–H and O–H groups in total. The van der Waals surface area contributed by atoms with Crippen LogP contribution in [-0.4, -0.2) is 59.8 Å². The average molecular weight is 459 g/mol. The highest BCUT2D eigenvalue weighted by Gasteiger charge is 2.31. The van der Waals surface area contributed by atoms with Crippen molar-refractivity contribution in [2.75, 3.05) is 32.5 Å². The number of aromatic nitrogens is 1. The molecule has 174 valence electrons. The van der Waals surface area contributed by atoms with Crippen LogP contribution in [0.1, 0.15) is 33.7 Å². The summed E-state index contributed by atoms with van der Waals surface area (Å²) in [6.07, 6.45) is 2.70. The number of benzene rings is 2. The number of nitrogens with zero attached hydrogens (tertiary/aromatic N) is 2. The van der Waals surface area contributed by atoms with Crippen molar-refractivity contribution in [3.05, 3.63) is 76.9 Å². The molecule has 5 rings (SSSR count). The maximum absolute atomic E-state index is 13.5. The normalized spacial score (nSPS) is 18.6. The van der Waals surface area contributed by atoms with E-state index in [0.717, 1.165) is 28.8 Å². The third kappa shape index (κ3) is 3.92. The Bertz CT molecular complexity index is 1310. The van der Waals surface area contributed by atoms with Crippen LogP contribution < -0.4 is 5.32 Å². The number of fused-ring (bicyclic) bond motifs is 1. The topological polar surface area (TPSA) is 68.4 Å². The monoisotopic (exact) mass is 458 g/mol. The maximum Gasteiger partial charge on any atom is 0.256 e. The standard InChI is InChI=1S/C27H27FN4O2/c1-16-13-21(27(34)32-12-11-19(15-32)31(2)3)24(29-16)14-22-25-20(17-7-9-18(28)10-8-17)5-4-6-23(25)30-26(22)33/h4-10,13-14,19,29H,11-12,15H2,1-3H3,(H,30,33)/b22-14-/t19-/m0/s1. The number of amides is 2. The van der Waals surface area contributed by atoms with Gasteiger partial charge in [-0.25, -0.2) is 4.39 Å². The van der Waals surface area contributed by atoms with E-state index in [1.54, 1.807) is 18.2 Å². The molecule has 2 aliphatic rings. The number of likely N-dealkylation sites (N-methyl/N-ethyl adjacent to an activating group) is 1. The first-order chi connectivity index (χ1) is 16.3. The van der Waals surface area contributed by atoms with Crippen molar-refractivity contribution in [2.45, 2.75) is 19.4 Å². The molecule has 0 spiro atoms. The van der Waals surface area contributed by atoms with Gasteiger partial charge in [-0.05, 0) is 68.9 Å². The summed E-state index contributed by atoms with van der Waals surface area (Å²) in [6, 6.07) is 14.0. The van der Waals surface area contributed by atoms with Crippen molar-refractivity contribution in [3.63, 3.8) is 0 Å². The van der Waals surface area contributed by atoms with E-state index in [4.69, 9.17) is 0 Å². The quantitative estimate of drug-likeness (QED) is 0.570. The zero-order valence-electron chi connectivity index (χ0n) is 19.5. The lowest BCUT2D eigenvalue weighted by molar-refractivity contribution is -0.110. The molecule has 3 heterocycles. The van der Waals surface area contributed by atoms with Crippen LogP contribution in [0.5, 0.6) is 0 Å². The van der Waals surface area contributed by atoms with Crippen LogP contribution in [0, 0.1) is 12.7 Å². The summed E-state index contributed by atoms with van der Waals surface area (Å²) in [5.74, 6) is -0.584. The van der Waals surface area contributed by atoms with Crippen LogP contribution in [0.25, 0.3) is 22.8 Å². The van der Waals surface area contributed by atoms with E-state index in [1.807, 2.05) is 50.2 Å². The largest absolute Gasteiger partial charge is 0.358 e. The van der Waals surface area contributed by atoms with Gasteiger partial charge in [0.1, 0.15) is 5.82 Å². The zero-order chi connectivity index (χ0) is 24.0. The molecule has 2 amide bonds. The number of nitrogens with one attached hydrogen (secondary N) is 2. The zero-order valence-corrected chi connectivity index (χ0v) is 19.5. The number of likely N-dealkylation sites (tertiary alicyclic amines) is 1. The van der Waals surface area contributed by atoms with Crippen LogP contribution in [0.4, 0.5) is 10.1 Å². The molecule has 3 aromatic rings. The van der Waals surface area contributed by atoms with Crippen molar-refractivity contribution < 1.29 is 14.0 Å². The lowest BCUT2D eigenvalue weighted by Crippen LogP contribution is -2.34. The number of aromatic amines is 1. The summed E-state index contributed by atoms with van der Waals surface area (Å²) in [7, 11) is 4.06. The van der Waals surface area contributed by atoms with Crippen LogP contribution in [0.3, 0.4) is 0 Å². The lowest BCUT2D eigenvalue weighted by Gasteiger charge is -2.20. The number of H-pyrrole nitrogens is 1. The molecule has 2 aliphatic heterocycles. The SMILES string of the molecule is Cc1cc(C(=O)N2CC[C@H](N(C)C)C2)c(/C=C2\C(=O)Nc3cccc(-c4ccc(F)cc4)c32)[nH]1. The number of hydrogen-bond acceptors (Lipinski definition) is 3. The number of carbonyl (C=O) groups excluding carboxylic acids is 2. The van der Waals surface area contributed by atoms with Crippen LogP contribution in [0.15, 0.2) is 48.5 Å². The van der Waals surface area contributed by atoms with E-state index in [-0.39, 0.29) is 17.6 Å². The molecular weight excluding hydrogens is 431 g/mol. The van der Waals surface area contributed by atoms with Gasteiger partial charge in [-0.15, -0.1) is 0 Å². The second kappa shape index (κ2) is 8.57. The van der Waals surface area contributed by atoms with Gasteiger partial charge in [0, 0.05) is 36.1 Å². The maximum atomic E-state index is 13.5. The van der Waals surface area contributed by atoms with Crippen molar-refractivity contribution in [1.82, 2.24) is 14.8 Å². The molecule has 1 atom stereocenters. The summed E-state index contributed by atoms with van der Waals surface area (Å²) >= 11 is 0. The second-order valence-corrected chi connectivity index (χ2v) is 9.18. The van der Waals surface area contributed by atoms with E-state index in [0.29, 0.717) is 41.6 Å². The molecule has 0 aliphatic carbocycles. The highest BCUT2D eigenvalue weighted by molar-refractivity contribution is 6.36. The fourth-order valence-corrected chi connectivity index (χ4v) is 4.82. The summed E-state index contributed by atoms with van der Waals surface area (Å²) in [4.78, 5) is 33.7. The van der Waals surface area contributed by atoms with Gasteiger partial charge in [0.2, 0.25) is 0 Å². The fourth-order valence-electron chi connectivity index (χ4n) is 4.82. The first-order valence-electron chi connectivity index (χ1n) is 11.4. The van der Waals surface area contributed by atoms with Gasteiger partial charge in [0.05, 0.1) is 16.8 Å². The summed E-state index contributed by atoms with van der Waals surface area (Å²) < 4.78 is 13.5. The Kier molecular flexibility index (Phi) is 5.57. The molecule has 6 nitrogen and oxygen atoms in total. The Hall–Kier alpha value is -3.71. The van der Waals surface area contributed by atoms with E-state index in [1.165, 1.54) is 12.1 Å². The predicted molar refractivity (Wildman–Crippen MR) is 132 cm³/mol. The Morgan fingerprint density at radius 2 is 1.94 bits per heavy atom.